The van der Waals surface area contributed by atoms with Crippen LogP contribution in [0.5, 0.6) is 5.75 Å². The van der Waals surface area contributed by atoms with Crippen LogP contribution in [0, 0.1) is 5.92 Å². The van der Waals surface area contributed by atoms with E-state index in [0.29, 0.717) is 19.7 Å². The van der Waals surface area contributed by atoms with Crippen molar-refractivity contribution in [1.29, 1.82) is 0 Å². The molecule has 4 N–H and O–H groups in total. The molecule has 0 amide bonds. The summed E-state index contributed by atoms with van der Waals surface area (Å²) in [5, 5.41) is 13.4. The second-order valence-corrected chi connectivity index (χ2v) is 3.97. The van der Waals surface area contributed by atoms with E-state index in [1.165, 1.54) is 0 Å². The molecular weight excluding hydrogens is 204 g/mol. The van der Waals surface area contributed by atoms with Crippen molar-refractivity contribution in [2.24, 2.45) is 11.7 Å². The standard InChI is InChI=1S/C12H18N2O2/c1-2-16-10-5-3-4-9-11(10)14-7-8(6-13)12(9)15/h3-5,8,12,14-15H,2,6-7,13H2,1H3. The van der Waals surface area contributed by atoms with Crippen molar-refractivity contribution in [3.8, 4) is 5.75 Å². The topological polar surface area (TPSA) is 67.5 Å². The van der Waals surface area contributed by atoms with Crippen LogP contribution in [0.25, 0.3) is 0 Å². The highest BCUT2D eigenvalue weighted by atomic mass is 16.5. The Kier molecular flexibility index (Phi) is 3.31. The van der Waals surface area contributed by atoms with Crippen molar-refractivity contribution < 1.29 is 9.84 Å². The molecule has 0 fully saturated rings. The van der Waals surface area contributed by atoms with Gasteiger partial charge in [-0.25, -0.2) is 0 Å². The zero-order valence-electron chi connectivity index (χ0n) is 9.44. The first-order valence-corrected chi connectivity index (χ1v) is 5.65. The molecule has 1 aliphatic heterocycles. The van der Waals surface area contributed by atoms with Gasteiger partial charge in [-0.3, -0.25) is 0 Å². The van der Waals surface area contributed by atoms with E-state index in [-0.39, 0.29) is 5.92 Å². The van der Waals surface area contributed by atoms with Gasteiger partial charge < -0.3 is 20.9 Å². The third-order valence-corrected chi connectivity index (χ3v) is 2.97. The number of rotatable bonds is 3. The van der Waals surface area contributed by atoms with Gasteiger partial charge in [-0.1, -0.05) is 12.1 Å². The summed E-state index contributed by atoms with van der Waals surface area (Å²) >= 11 is 0. The zero-order valence-corrected chi connectivity index (χ0v) is 9.44. The second-order valence-electron chi connectivity index (χ2n) is 3.97. The van der Waals surface area contributed by atoms with Crippen molar-refractivity contribution in [2.75, 3.05) is 25.0 Å². The zero-order chi connectivity index (χ0) is 11.5. The molecule has 0 bridgehead atoms. The number of para-hydroxylation sites is 1. The molecular formula is C12H18N2O2. The number of nitrogens with one attached hydrogen (secondary N) is 1. The predicted octanol–water partition coefficient (Wildman–Crippen LogP) is 1.12. The Hall–Kier alpha value is -1.26. The molecule has 16 heavy (non-hydrogen) atoms. The molecule has 4 nitrogen and oxygen atoms in total. The fourth-order valence-corrected chi connectivity index (χ4v) is 2.07. The molecule has 0 radical (unpaired) electrons. The molecule has 1 aliphatic rings. The number of hydrogen-bond donors (Lipinski definition) is 3. The summed E-state index contributed by atoms with van der Waals surface area (Å²) < 4.78 is 5.52. The highest BCUT2D eigenvalue weighted by Gasteiger charge is 2.28. The van der Waals surface area contributed by atoms with Crippen LogP contribution in [0.2, 0.25) is 0 Å². The first-order chi connectivity index (χ1) is 7.77. The summed E-state index contributed by atoms with van der Waals surface area (Å²) in [6, 6.07) is 5.72. The highest BCUT2D eigenvalue weighted by Crippen LogP contribution is 2.38. The molecule has 4 heteroatoms. The Balaban J connectivity index is 2.34. The van der Waals surface area contributed by atoms with Crippen LogP contribution < -0.4 is 15.8 Å². The molecule has 1 aromatic rings. The third kappa shape index (κ3) is 1.86. The van der Waals surface area contributed by atoms with Gasteiger partial charge in [-0.2, -0.15) is 0 Å². The van der Waals surface area contributed by atoms with Gasteiger partial charge in [0.2, 0.25) is 0 Å². The lowest BCUT2D eigenvalue weighted by Gasteiger charge is -2.31. The summed E-state index contributed by atoms with van der Waals surface area (Å²) in [4.78, 5) is 0. The normalized spacial score (nSPS) is 23.4. The number of aliphatic hydroxyl groups is 1. The van der Waals surface area contributed by atoms with Crippen molar-refractivity contribution in [3.05, 3.63) is 23.8 Å². The van der Waals surface area contributed by atoms with Crippen LogP contribution in [0.15, 0.2) is 18.2 Å². The van der Waals surface area contributed by atoms with E-state index in [1.54, 1.807) is 0 Å². The summed E-state index contributed by atoms with van der Waals surface area (Å²) in [6.45, 7) is 3.73. The van der Waals surface area contributed by atoms with Gasteiger partial charge in [-0.15, -0.1) is 0 Å². The largest absolute Gasteiger partial charge is 0.492 e. The highest BCUT2D eigenvalue weighted by molar-refractivity contribution is 5.64. The number of ether oxygens (including phenoxy) is 1. The van der Waals surface area contributed by atoms with Crippen LogP contribution >= 0.6 is 0 Å². The van der Waals surface area contributed by atoms with Crippen LogP contribution in [0.1, 0.15) is 18.6 Å². The number of nitrogens with two attached hydrogens (primary N) is 1. The van der Waals surface area contributed by atoms with Crippen LogP contribution in [0.3, 0.4) is 0 Å². The maximum atomic E-state index is 10.1. The SMILES string of the molecule is CCOc1cccc2c1NCC(CN)C2O. The number of aliphatic hydroxyl groups excluding tert-OH is 1. The first-order valence-electron chi connectivity index (χ1n) is 5.65. The summed E-state index contributed by atoms with van der Waals surface area (Å²) in [6.07, 6.45) is -0.498. The molecule has 2 rings (SSSR count). The van der Waals surface area contributed by atoms with E-state index in [0.717, 1.165) is 17.0 Å². The molecule has 1 heterocycles. The summed E-state index contributed by atoms with van der Waals surface area (Å²) in [7, 11) is 0. The molecule has 2 atom stereocenters. The third-order valence-electron chi connectivity index (χ3n) is 2.97. The lowest BCUT2D eigenvalue weighted by Crippen LogP contribution is -2.33. The fourth-order valence-electron chi connectivity index (χ4n) is 2.07. The minimum atomic E-state index is -0.498. The Bertz CT molecular complexity index is 368. The fraction of sp³-hybridized carbons (Fsp3) is 0.500. The molecule has 0 spiro atoms. The van der Waals surface area contributed by atoms with Crippen molar-refractivity contribution in [1.82, 2.24) is 0 Å². The van der Waals surface area contributed by atoms with Crippen molar-refractivity contribution >= 4 is 5.69 Å². The minimum Gasteiger partial charge on any atom is -0.492 e. The Labute approximate surface area is 95.4 Å². The van der Waals surface area contributed by atoms with Gasteiger partial charge in [0.1, 0.15) is 5.75 Å². The smallest absolute Gasteiger partial charge is 0.142 e. The van der Waals surface area contributed by atoms with Gasteiger partial charge in [0.25, 0.3) is 0 Å². The molecule has 1 aromatic carbocycles. The maximum absolute atomic E-state index is 10.1. The molecule has 0 aliphatic carbocycles. The quantitative estimate of drug-likeness (QED) is 0.717. The van der Waals surface area contributed by atoms with E-state index in [9.17, 15) is 5.11 Å². The molecule has 2 unspecified atom stereocenters. The summed E-state index contributed by atoms with van der Waals surface area (Å²) in [5.41, 5.74) is 7.40. The minimum absolute atomic E-state index is 0.0735. The number of anilines is 1. The lowest BCUT2D eigenvalue weighted by molar-refractivity contribution is 0.114. The molecule has 88 valence electrons. The van der Waals surface area contributed by atoms with Crippen LogP contribution in [-0.2, 0) is 0 Å². The lowest BCUT2D eigenvalue weighted by atomic mass is 9.90. The Morgan fingerprint density at radius 3 is 3.06 bits per heavy atom. The maximum Gasteiger partial charge on any atom is 0.142 e. The Morgan fingerprint density at radius 1 is 1.56 bits per heavy atom. The molecule has 0 saturated heterocycles. The van der Waals surface area contributed by atoms with E-state index in [4.69, 9.17) is 10.5 Å². The van der Waals surface area contributed by atoms with Crippen LogP contribution in [-0.4, -0.2) is 24.8 Å². The number of hydrogen-bond acceptors (Lipinski definition) is 4. The monoisotopic (exact) mass is 222 g/mol. The van der Waals surface area contributed by atoms with E-state index < -0.39 is 6.10 Å². The van der Waals surface area contributed by atoms with Gasteiger partial charge in [0.05, 0.1) is 18.4 Å². The second kappa shape index (κ2) is 4.72. The van der Waals surface area contributed by atoms with Gasteiger partial charge >= 0.3 is 0 Å². The van der Waals surface area contributed by atoms with Crippen molar-refractivity contribution in [3.63, 3.8) is 0 Å². The average molecular weight is 222 g/mol. The Morgan fingerprint density at radius 2 is 2.38 bits per heavy atom. The number of benzene rings is 1. The predicted molar refractivity (Wildman–Crippen MR) is 63.6 cm³/mol. The summed E-state index contributed by atoms with van der Waals surface area (Å²) in [5.74, 6) is 0.874. The number of fused-ring (bicyclic) bond motifs is 1. The van der Waals surface area contributed by atoms with Crippen molar-refractivity contribution in [2.45, 2.75) is 13.0 Å². The van der Waals surface area contributed by atoms with Crippen LogP contribution in [0.4, 0.5) is 5.69 Å². The molecule has 0 saturated carbocycles. The average Bonchev–Trinajstić information content (AvgIpc) is 2.31. The van der Waals surface area contributed by atoms with E-state index >= 15 is 0 Å². The van der Waals surface area contributed by atoms with Gasteiger partial charge in [-0.05, 0) is 19.5 Å². The van der Waals surface area contributed by atoms with E-state index in [1.807, 2.05) is 25.1 Å². The first kappa shape index (κ1) is 11.2. The van der Waals surface area contributed by atoms with Gasteiger partial charge in [0, 0.05) is 18.0 Å². The van der Waals surface area contributed by atoms with E-state index in [2.05, 4.69) is 5.32 Å². The van der Waals surface area contributed by atoms with Gasteiger partial charge in [0.15, 0.2) is 0 Å². The molecule has 0 aromatic heterocycles.